The fourth-order valence-electron chi connectivity index (χ4n) is 1.83. The maximum Gasteiger partial charge on any atom is 0.167 e. The Balaban J connectivity index is 2.09. The van der Waals surface area contributed by atoms with Crippen LogP contribution in [0.1, 0.15) is 25.6 Å². The Hall–Kier alpha value is -2.17. The largest absolute Gasteiger partial charge is 0.491 e. The Morgan fingerprint density at radius 3 is 2.65 bits per heavy atom. The average Bonchev–Trinajstić information content (AvgIpc) is 2.42. The van der Waals surface area contributed by atoms with E-state index in [0.717, 1.165) is 6.20 Å². The van der Waals surface area contributed by atoms with Gasteiger partial charge in [0, 0.05) is 11.8 Å². The van der Waals surface area contributed by atoms with Gasteiger partial charge in [-0.1, -0.05) is 0 Å². The fraction of sp³-hybridized carbons (Fsp3) is 0.267. The number of aromatic nitrogens is 1. The van der Waals surface area contributed by atoms with Crippen molar-refractivity contribution in [2.75, 3.05) is 11.9 Å². The second-order valence-corrected chi connectivity index (χ2v) is 4.35. The molecule has 1 aromatic carbocycles. The first kappa shape index (κ1) is 14.2. The highest BCUT2D eigenvalue weighted by molar-refractivity contribution is 5.48. The Labute approximate surface area is 116 Å². The van der Waals surface area contributed by atoms with Crippen LogP contribution in [-0.2, 0) is 0 Å². The van der Waals surface area contributed by atoms with Gasteiger partial charge in [0.2, 0.25) is 0 Å². The van der Waals surface area contributed by atoms with Crippen molar-refractivity contribution >= 4 is 5.69 Å². The van der Waals surface area contributed by atoms with Crippen molar-refractivity contribution in [1.29, 1.82) is 0 Å². The van der Waals surface area contributed by atoms with Crippen LogP contribution in [0.15, 0.2) is 36.5 Å². The number of nitrogens with one attached hydrogen (secondary N) is 1. The Morgan fingerprint density at radius 1 is 1.25 bits per heavy atom. The average molecular weight is 278 g/mol. The van der Waals surface area contributed by atoms with Gasteiger partial charge in [0.25, 0.3) is 0 Å². The van der Waals surface area contributed by atoms with E-state index in [1.165, 1.54) is 12.1 Å². The smallest absolute Gasteiger partial charge is 0.167 e. The lowest BCUT2D eigenvalue weighted by atomic mass is 10.2. The first-order valence-electron chi connectivity index (χ1n) is 6.40. The molecule has 0 fully saturated rings. The van der Waals surface area contributed by atoms with Gasteiger partial charge in [0.15, 0.2) is 11.6 Å². The van der Waals surface area contributed by atoms with E-state index < -0.39 is 5.82 Å². The molecular formula is C15H16F2N2O. The highest BCUT2D eigenvalue weighted by Gasteiger charge is 2.09. The zero-order valence-corrected chi connectivity index (χ0v) is 11.4. The molecule has 5 heteroatoms. The fourth-order valence-corrected chi connectivity index (χ4v) is 1.83. The van der Waals surface area contributed by atoms with Crippen LogP contribution in [0.25, 0.3) is 0 Å². The molecule has 0 saturated carbocycles. The second-order valence-electron chi connectivity index (χ2n) is 4.35. The van der Waals surface area contributed by atoms with E-state index in [-0.39, 0.29) is 17.6 Å². The highest BCUT2D eigenvalue weighted by atomic mass is 19.1. The summed E-state index contributed by atoms with van der Waals surface area (Å²) in [5.74, 6) is -0.574. The van der Waals surface area contributed by atoms with Crippen LogP contribution in [0.5, 0.6) is 5.75 Å². The van der Waals surface area contributed by atoms with E-state index in [1.54, 1.807) is 25.1 Å². The summed E-state index contributed by atoms with van der Waals surface area (Å²) in [7, 11) is 0. The summed E-state index contributed by atoms with van der Waals surface area (Å²) >= 11 is 0. The number of hydrogen-bond donors (Lipinski definition) is 1. The molecule has 1 unspecified atom stereocenters. The van der Waals surface area contributed by atoms with Crippen LogP contribution in [-0.4, -0.2) is 11.6 Å². The SMILES string of the molecule is CCOc1ccc(NC(C)c2ccc(F)cn2)cc1F. The lowest BCUT2D eigenvalue weighted by molar-refractivity contribution is 0.321. The van der Waals surface area contributed by atoms with Gasteiger partial charge in [0.05, 0.1) is 24.5 Å². The summed E-state index contributed by atoms with van der Waals surface area (Å²) in [5, 5.41) is 3.11. The summed E-state index contributed by atoms with van der Waals surface area (Å²) in [6.45, 7) is 4.09. The number of rotatable bonds is 5. The molecule has 20 heavy (non-hydrogen) atoms. The number of anilines is 1. The molecule has 1 atom stereocenters. The minimum atomic E-state index is -0.420. The molecule has 1 aromatic heterocycles. The minimum Gasteiger partial charge on any atom is -0.491 e. The maximum absolute atomic E-state index is 13.7. The van der Waals surface area contributed by atoms with Crippen LogP contribution >= 0.6 is 0 Å². The van der Waals surface area contributed by atoms with Crippen LogP contribution in [0.3, 0.4) is 0 Å². The quantitative estimate of drug-likeness (QED) is 0.899. The summed E-state index contributed by atoms with van der Waals surface area (Å²) in [5.41, 5.74) is 1.30. The van der Waals surface area contributed by atoms with Crippen LogP contribution in [0, 0.1) is 11.6 Å². The molecule has 1 N–H and O–H groups in total. The number of nitrogens with zero attached hydrogens (tertiary/aromatic N) is 1. The predicted molar refractivity (Wildman–Crippen MR) is 73.8 cm³/mol. The predicted octanol–water partition coefficient (Wildman–Crippen LogP) is 3.93. The standard InChI is InChI=1S/C15H16F2N2O/c1-3-20-15-7-5-12(8-13(15)17)19-10(2)14-6-4-11(16)9-18-14/h4-10,19H,3H2,1-2H3. The molecule has 0 saturated heterocycles. The molecule has 0 amide bonds. The molecule has 1 heterocycles. The molecule has 2 rings (SSSR count). The molecule has 3 nitrogen and oxygen atoms in total. The second kappa shape index (κ2) is 6.32. The molecule has 2 aromatic rings. The van der Waals surface area contributed by atoms with Crippen molar-refractivity contribution in [3.8, 4) is 5.75 Å². The van der Waals surface area contributed by atoms with E-state index in [1.807, 2.05) is 6.92 Å². The Kier molecular flexibility index (Phi) is 4.50. The van der Waals surface area contributed by atoms with E-state index in [0.29, 0.717) is 18.0 Å². The normalized spacial score (nSPS) is 12.0. The Bertz CT molecular complexity index is 573. The van der Waals surface area contributed by atoms with Crippen molar-refractivity contribution < 1.29 is 13.5 Å². The summed E-state index contributed by atoms with van der Waals surface area (Å²) < 4.78 is 31.7. The molecule has 106 valence electrons. The van der Waals surface area contributed by atoms with Crippen LogP contribution < -0.4 is 10.1 Å². The zero-order valence-electron chi connectivity index (χ0n) is 11.4. The van der Waals surface area contributed by atoms with Crippen molar-refractivity contribution in [1.82, 2.24) is 4.98 Å². The van der Waals surface area contributed by atoms with Crippen LogP contribution in [0.2, 0.25) is 0 Å². The van der Waals surface area contributed by atoms with Gasteiger partial charge in [-0.25, -0.2) is 8.78 Å². The summed E-state index contributed by atoms with van der Waals surface area (Å²) in [4.78, 5) is 3.99. The van der Waals surface area contributed by atoms with Gasteiger partial charge in [-0.2, -0.15) is 0 Å². The van der Waals surface area contributed by atoms with E-state index in [4.69, 9.17) is 4.74 Å². The van der Waals surface area contributed by atoms with Crippen molar-refractivity contribution in [3.05, 3.63) is 53.9 Å². The number of hydrogen-bond acceptors (Lipinski definition) is 3. The number of halogens is 2. The van der Waals surface area contributed by atoms with E-state index in [9.17, 15) is 8.78 Å². The summed E-state index contributed by atoms with van der Waals surface area (Å²) in [6.07, 6.45) is 1.16. The molecular weight excluding hydrogens is 262 g/mol. The number of ether oxygens (including phenoxy) is 1. The first-order chi connectivity index (χ1) is 9.60. The molecule has 0 aliphatic rings. The zero-order chi connectivity index (χ0) is 14.5. The van der Waals surface area contributed by atoms with Crippen LogP contribution in [0.4, 0.5) is 14.5 Å². The third-order valence-corrected chi connectivity index (χ3v) is 2.81. The van der Waals surface area contributed by atoms with Gasteiger partial charge < -0.3 is 10.1 Å². The third kappa shape index (κ3) is 3.44. The molecule has 0 radical (unpaired) electrons. The molecule has 0 aliphatic heterocycles. The lowest BCUT2D eigenvalue weighted by Gasteiger charge is -2.15. The lowest BCUT2D eigenvalue weighted by Crippen LogP contribution is -2.08. The first-order valence-corrected chi connectivity index (χ1v) is 6.40. The monoisotopic (exact) mass is 278 g/mol. The van der Waals surface area contributed by atoms with Crippen molar-refractivity contribution in [2.24, 2.45) is 0 Å². The van der Waals surface area contributed by atoms with E-state index in [2.05, 4.69) is 10.3 Å². The van der Waals surface area contributed by atoms with Gasteiger partial charge in [-0.15, -0.1) is 0 Å². The minimum absolute atomic E-state index is 0.159. The van der Waals surface area contributed by atoms with Gasteiger partial charge in [0.1, 0.15) is 5.82 Å². The number of pyridine rings is 1. The van der Waals surface area contributed by atoms with Gasteiger partial charge >= 0.3 is 0 Å². The topological polar surface area (TPSA) is 34.1 Å². The molecule has 0 spiro atoms. The molecule has 0 aliphatic carbocycles. The van der Waals surface area contributed by atoms with Gasteiger partial charge in [-0.3, -0.25) is 4.98 Å². The van der Waals surface area contributed by atoms with Crippen molar-refractivity contribution in [3.63, 3.8) is 0 Å². The highest BCUT2D eigenvalue weighted by Crippen LogP contribution is 2.24. The Morgan fingerprint density at radius 2 is 2.05 bits per heavy atom. The number of benzene rings is 1. The maximum atomic E-state index is 13.7. The summed E-state index contributed by atoms with van der Waals surface area (Å²) in [6, 6.07) is 7.45. The van der Waals surface area contributed by atoms with E-state index >= 15 is 0 Å². The van der Waals surface area contributed by atoms with Gasteiger partial charge in [-0.05, 0) is 38.1 Å². The van der Waals surface area contributed by atoms with Crippen molar-refractivity contribution in [2.45, 2.75) is 19.9 Å². The molecule has 0 bridgehead atoms. The third-order valence-electron chi connectivity index (χ3n) is 2.81.